The molecule has 14 heavy (non-hydrogen) atoms. The number of halogens is 1. The molecule has 2 aromatic heterocycles. The van der Waals surface area contributed by atoms with Crippen LogP contribution in [0.15, 0.2) is 22.8 Å². The molecule has 4 nitrogen and oxygen atoms in total. The second kappa shape index (κ2) is 3.67. The molecule has 2 rings (SSSR count). The minimum Gasteiger partial charge on any atom is -0.328 e. The van der Waals surface area contributed by atoms with E-state index in [4.69, 9.17) is 5.73 Å². The van der Waals surface area contributed by atoms with Gasteiger partial charge >= 0.3 is 0 Å². The fraction of sp³-hybridized carbons (Fsp3) is 0.333. The molecule has 0 saturated carbocycles. The highest BCUT2D eigenvalue weighted by molar-refractivity contribution is 9.10. The molecule has 5 heteroatoms. The Morgan fingerprint density at radius 1 is 1.57 bits per heavy atom. The van der Waals surface area contributed by atoms with Gasteiger partial charge in [0.25, 0.3) is 0 Å². The summed E-state index contributed by atoms with van der Waals surface area (Å²) in [5, 5.41) is 8.15. The maximum Gasteiger partial charge on any atom is 0.161 e. The van der Waals surface area contributed by atoms with Gasteiger partial charge in [0.2, 0.25) is 0 Å². The fourth-order valence-corrected chi connectivity index (χ4v) is 1.67. The van der Waals surface area contributed by atoms with Crippen molar-refractivity contribution < 1.29 is 0 Å². The summed E-state index contributed by atoms with van der Waals surface area (Å²) in [4.78, 5) is 0. The van der Waals surface area contributed by atoms with Crippen LogP contribution in [0.4, 0.5) is 0 Å². The summed E-state index contributed by atoms with van der Waals surface area (Å²) in [5.41, 5.74) is 6.56. The lowest BCUT2D eigenvalue weighted by atomic mass is 10.2. The van der Waals surface area contributed by atoms with Crippen LogP contribution in [0.25, 0.3) is 5.65 Å². The summed E-state index contributed by atoms with van der Waals surface area (Å²) in [6.07, 6.45) is 2.68. The molecule has 0 spiro atoms. The second-order valence-corrected chi connectivity index (χ2v) is 4.29. The molecule has 2 N–H and O–H groups in total. The number of rotatable bonds is 2. The Morgan fingerprint density at radius 2 is 2.36 bits per heavy atom. The van der Waals surface area contributed by atoms with Crippen LogP contribution in [-0.2, 0) is 6.42 Å². The molecule has 2 aromatic rings. The maximum absolute atomic E-state index is 5.71. The molecule has 0 aliphatic rings. The van der Waals surface area contributed by atoms with Crippen LogP contribution in [0.5, 0.6) is 0 Å². The standard InChI is InChI=1S/C9H11BrN4/c1-6(11)4-8-12-13-9-5-7(10)2-3-14(8)9/h2-3,5-6H,4,11H2,1H3. The largest absolute Gasteiger partial charge is 0.328 e. The van der Waals surface area contributed by atoms with Gasteiger partial charge in [0, 0.05) is 23.1 Å². The van der Waals surface area contributed by atoms with Crippen molar-refractivity contribution in [2.24, 2.45) is 5.73 Å². The van der Waals surface area contributed by atoms with Crippen molar-refractivity contribution in [1.29, 1.82) is 0 Å². The van der Waals surface area contributed by atoms with E-state index in [0.717, 1.165) is 22.4 Å². The molecule has 0 fully saturated rings. The number of hydrogen-bond acceptors (Lipinski definition) is 3. The Labute approximate surface area is 90.3 Å². The van der Waals surface area contributed by atoms with E-state index in [1.165, 1.54) is 0 Å². The smallest absolute Gasteiger partial charge is 0.161 e. The molecule has 1 unspecified atom stereocenters. The molecule has 2 heterocycles. The zero-order chi connectivity index (χ0) is 10.1. The van der Waals surface area contributed by atoms with Crippen molar-refractivity contribution in [3.05, 3.63) is 28.6 Å². The van der Waals surface area contributed by atoms with Gasteiger partial charge in [-0.05, 0) is 19.1 Å². The van der Waals surface area contributed by atoms with E-state index in [-0.39, 0.29) is 6.04 Å². The Morgan fingerprint density at radius 3 is 3.07 bits per heavy atom. The lowest BCUT2D eigenvalue weighted by molar-refractivity contribution is 0.695. The Bertz CT molecular complexity index is 449. The highest BCUT2D eigenvalue weighted by Crippen LogP contribution is 2.13. The van der Waals surface area contributed by atoms with Gasteiger partial charge in [-0.25, -0.2) is 0 Å². The van der Waals surface area contributed by atoms with Gasteiger partial charge in [-0.3, -0.25) is 4.40 Å². The predicted molar refractivity (Wildman–Crippen MR) is 58.0 cm³/mol. The zero-order valence-electron chi connectivity index (χ0n) is 7.81. The molecule has 74 valence electrons. The molecule has 1 atom stereocenters. The number of aromatic nitrogens is 3. The Hall–Kier alpha value is -0.940. The first-order valence-electron chi connectivity index (χ1n) is 4.41. The molecule has 0 aliphatic heterocycles. The van der Waals surface area contributed by atoms with Gasteiger partial charge in [0.1, 0.15) is 5.82 Å². The molecule has 0 saturated heterocycles. The monoisotopic (exact) mass is 254 g/mol. The number of pyridine rings is 1. The highest BCUT2D eigenvalue weighted by atomic mass is 79.9. The van der Waals surface area contributed by atoms with Crippen LogP contribution in [0, 0.1) is 0 Å². The highest BCUT2D eigenvalue weighted by Gasteiger charge is 2.06. The normalized spacial score (nSPS) is 13.4. The molecule has 0 radical (unpaired) electrons. The second-order valence-electron chi connectivity index (χ2n) is 3.37. The van der Waals surface area contributed by atoms with Crippen molar-refractivity contribution in [2.45, 2.75) is 19.4 Å². The number of fused-ring (bicyclic) bond motifs is 1. The third-order valence-electron chi connectivity index (χ3n) is 1.95. The average molecular weight is 255 g/mol. The van der Waals surface area contributed by atoms with Crippen molar-refractivity contribution in [2.75, 3.05) is 0 Å². The lowest BCUT2D eigenvalue weighted by Gasteiger charge is -2.02. The van der Waals surface area contributed by atoms with Crippen LogP contribution in [0.2, 0.25) is 0 Å². The molecule has 0 bridgehead atoms. The summed E-state index contributed by atoms with van der Waals surface area (Å²) in [5.74, 6) is 0.905. The topological polar surface area (TPSA) is 56.2 Å². The summed E-state index contributed by atoms with van der Waals surface area (Å²) in [7, 11) is 0. The van der Waals surface area contributed by atoms with Gasteiger partial charge < -0.3 is 5.73 Å². The van der Waals surface area contributed by atoms with E-state index >= 15 is 0 Å². The first-order chi connectivity index (χ1) is 6.66. The Balaban J connectivity index is 2.47. The molecular formula is C9H11BrN4. The summed E-state index contributed by atoms with van der Waals surface area (Å²) >= 11 is 3.39. The minimum absolute atomic E-state index is 0.103. The van der Waals surface area contributed by atoms with Gasteiger partial charge in [0.15, 0.2) is 5.65 Å². The third kappa shape index (κ3) is 1.78. The number of nitrogens with two attached hydrogens (primary N) is 1. The van der Waals surface area contributed by atoms with Crippen LogP contribution in [-0.4, -0.2) is 20.6 Å². The number of nitrogens with zero attached hydrogens (tertiary/aromatic N) is 3. The van der Waals surface area contributed by atoms with Gasteiger partial charge in [-0.1, -0.05) is 15.9 Å². The van der Waals surface area contributed by atoms with Crippen LogP contribution >= 0.6 is 15.9 Å². The van der Waals surface area contributed by atoms with Crippen LogP contribution in [0.3, 0.4) is 0 Å². The first-order valence-corrected chi connectivity index (χ1v) is 5.21. The van der Waals surface area contributed by atoms with E-state index in [9.17, 15) is 0 Å². The van der Waals surface area contributed by atoms with Gasteiger partial charge in [-0.15, -0.1) is 10.2 Å². The van der Waals surface area contributed by atoms with Crippen LogP contribution in [0.1, 0.15) is 12.7 Å². The van der Waals surface area contributed by atoms with E-state index < -0.39 is 0 Å². The number of hydrogen-bond donors (Lipinski definition) is 1. The molecule has 0 aliphatic carbocycles. The quantitative estimate of drug-likeness (QED) is 0.882. The maximum atomic E-state index is 5.71. The predicted octanol–water partition coefficient (Wildman–Crippen LogP) is 1.38. The van der Waals surface area contributed by atoms with Gasteiger partial charge in [0.05, 0.1) is 0 Å². The molecule has 0 amide bonds. The van der Waals surface area contributed by atoms with Crippen molar-refractivity contribution in [3.8, 4) is 0 Å². The summed E-state index contributed by atoms with van der Waals surface area (Å²) in [6.45, 7) is 1.96. The zero-order valence-corrected chi connectivity index (χ0v) is 9.40. The van der Waals surface area contributed by atoms with Gasteiger partial charge in [-0.2, -0.15) is 0 Å². The van der Waals surface area contributed by atoms with E-state index in [0.29, 0.717) is 0 Å². The molecular weight excluding hydrogens is 244 g/mol. The third-order valence-corrected chi connectivity index (χ3v) is 2.44. The average Bonchev–Trinajstić information content (AvgIpc) is 2.47. The first kappa shape index (κ1) is 9.61. The van der Waals surface area contributed by atoms with Crippen molar-refractivity contribution in [1.82, 2.24) is 14.6 Å². The summed E-state index contributed by atoms with van der Waals surface area (Å²) < 4.78 is 2.96. The Kier molecular flexibility index (Phi) is 2.52. The van der Waals surface area contributed by atoms with E-state index in [1.54, 1.807) is 0 Å². The SMILES string of the molecule is CC(N)Cc1nnc2cc(Br)ccn12. The molecule has 0 aromatic carbocycles. The van der Waals surface area contributed by atoms with Crippen molar-refractivity contribution >= 4 is 21.6 Å². The fourth-order valence-electron chi connectivity index (χ4n) is 1.34. The minimum atomic E-state index is 0.103. The van der Waals surface area contributed by atoms with Crippen LogP contribution < -0.4 is 5.73 Å². The van der Waals surface area contributed by atoms with E-state index in [2.05, 4.69) is 26.1 Å². The van der Waals surface area contributed by atoms with E-state index in [1.807, 2.05) is 29.7 Å². The van der Waals surface area contributed by atoms with Crippen molar-refractivity contribution in [3.63, 3.8) is 0 Å². The summed E-state index contributed by atoms with van der Waals surface area (Å²) in [6, 6.07) is 3.99. The lowest BCUT2D eigenvalue weighted by Crippen LogP contribution is -2.19.